The van der Waals surface area contributed by atoms with Crippen LogP contribution in [-0.4, -0.2) is 5.78 Å². The Labute approximate surface area is 90.1 Å². The van der Waals surface area contributed by atoms with E-state index in [9.17, 15) is 4.79 Å². The second kappa shape index (κ2) is 3.50. The molecule has 0 spiro atoms. The van der Waals surface area contributed by atoms with Crippen molar-refractivity contribution in [3.8, 4) is 0 Å². The van der Waals surface area contributed by atoms with E-state index in [1.54, 1.807) is 6.92 Å². The highest BCUT2D eigenvalue weighted by Crippen LogP contribution is 2.32. The first kappa shape index (κ1) is 9.91. The number of Topliss-reactive ketones (excluding diaryl/α,β-unsaturated/α-hetero) is 1. The van der Waals surface area contributed by atoms with Gasteiger partial charge in [0.15, 0.2) is 0 Å². The minimum absolute atomic E-state index is 0.176. The third-order valence-corrected chi connectivity index (χ3v) is 3.07. The van der Waals surface area contributed by atoms with Crippen LogP contribution in [0.1, 0.15) is 25.0 Å². The summed E-state index contributed by atoms with van der Waals surface area (Å²) in [5, 5.41) is 0. The summed E-state index contributed by atoms with van der Waals surface area (Å²) in [4.78, 5) is 11.8. The van der Waals surface area contributed by atoms with Crippen LogP contribution in [-0.2, 0) is 10.2 Å². The molecule has 0 heterocycles. The molecule has 1 unspecified atom stereocenters. The van der Waals surface area contributed by atoms with Crippen molar-refractivity contribution in [3.63, 3.8) is 0 Å². The largest absolute Gasteiger partial charge is 0.299 e. The average molecular weight is 198 g/mol. The monoisotopic (exact) mass is 198 g/mol. The summed E-state index contributed by atoms with van der Waals surface area (Å²) < 4.78 is 0. The minimum atomic E-state index is -0.486. The molecule has 1 aliphatic rings. The fourth-order valence-corrected chi connectivity index (χ4v) is 1.92. The quantitative estimate of drug-likeness (QED) is 0.677. The number of hydrogen-bond acceptors (Lipinski definition) is 1. The van der Waals surface area contributed by atoms with E-state index in [-0.39, 0.29) is 5.78 Å². The molecule has 0 N–H and O–H groups in total. The van der Waals surface area contributed by atoms with Gasteiger partial charge in [-0.1, -0.05) is 48.6 Å². The molecule has 0 fully saturated rings. The molecule has 0 amide bonds. The number of hydrogen-bond donors (Lipinski definition) is 0. The predicted molar refractivity (Wildman–Crippen MR) is 62.6 cm³/mol. The van der Waals surface area contributed by atoms with Crippen LogP contribution in [0.5, 0.6) is 0 Å². The van der Waals surface area contributed by atoms with Crippen molar-refractivity contribution in [2.45, 2.75) is 19.3 Å². The summed E-state index contributed by atoms with van der Waals surface area (Å²) in [7, 11) is 0. The van der Waals surface area contributed by atoms with Gasteiger partial charge in [0.05, 0.1) is 5.41 Å². The fraction of sp³-hybridized carbons (Fsp3) is 0.214. The highest BCUT2D eigenvalue weighted by Gasteiger charge is 2.30. The number of benzene rings is 1. The lowest BCUT2D eigenvalue weighted by atomic mass is 9.77. The van der Waals surface area contributed by atoms with Crippen molar-refractivity contribution in [1.29, 1.82) is 0 Å². The van der Waals surface area contributed by atoms with Gasteiger partial charge in [-0.05, 0) is 25.0 Å². The predicted octanol–water partition coefficient (Wildman–Crippen LogP) is 3.12. The van der Waals surface area contributed by atoms with Crippen molar-refractivity contribution < 1.29 is 4.79 Å². The van der Waals surface area contributed by atoms with Crippen LogP contribution in [0, 0.1) is 0 Å². The summed E-state index contributed by atoms with van der Waals surface area (Å²) in [6.45, 7) is 3.62. The molecule has 15 heavy (non-hydrogen) atoms. The third-order valence-electron chi connectivity index (χ3n) is 3.07. The summed E-state index contributed by atoms with van der Waals surface area (Å²) in [5.74, 6) is 0.176. The van der Waals surface area contributed by atoms with Gasteiger partial charge in [-0.15, -0.1) is 0 Å². The van der Waals surface area contributed by atoms with Gasteiger partial charge in [-0.25, -0.2) is 0 Å². The first-order valence-corrected chi connectivity index (χ1v) is 5.11. The van der Waals surface area contributed by atoms with Crippen molar-refractivity contribution in [2.75, 3.05) is 0 Å². The summed E-state index contributed by atoms with van der Waals surface area (Å²) in [6.07, 6.45) is 7.94. The molecule has 2 rings (SSSR count). The number of rotatable bonds is 1. The SMILES string of the molecule is CC(=O)C1(C)C=CC=Cc2ccccc21. The van der Waals surface area contributed by atoms with Crippen molar-refractivity contribution in [2.24, 2.45) is 0 Å². The van der Waals surface area contributed by atoms with E-state index in [0.29, 0.717) is 0 Å². The molecule has 1 aromatic carbocycles. The lowest BCUT2D eigenvalue weighted by molar-refractivity contribution is -0.120. The van der Waals surface area contributed by atoms with Gasteiger partial charge in [0.1, 0.15) is 5.78 Å². The summed E-state index contributed by atoms with van der Waals surface area (Å²) in [6, 6.07) is 8.04. The Bertz CT molecular complexity index is 454. The summed E-state index contributed by atoms with van der Waals surface area (Å²) >= 11 is 0. The molecular weight excluding hydrogens is 184 g/mol. The zero-order valence-corrected chi connectivity index (χ0v) is 9.03. The fourth-order valence-electron chi connectivity index (χ4n) is 1.92. The Balaban J connectivity index is 2.68. The Morgan fingerprint density at radius 2 is 1.93 bits per heavy atom. The van der Waals surface area contributed by atoms with Crippen LogP contribution in [0.4, 0.5) is 0 Å². The van der Waals surface area contributed by atoms with Gasteiger partial charge in [0.2, 0.25) is 0 Å². The minimum Gasteiger partial charge on any atom is -0.299 e. The molecule has 0 aliphatic heterocycles. The van der Waals surface area contributed by atoms with Crippen LogP contribution in [0.25, 0.3) is 6.08 Å². The van der Waals surface area contributed by atoms with Gasteiger partial charge in [0, 0.05) is 0 Å². The third kappa shape index (κ3) is 1.54. The Hall–Kier alpha value is -1.63. The van der Waals surface area contributed by atoms with Gasteiger partial charge in [-0.2, -0.15) is 0 Å². The van der Waals surface area contributed by atoms with Crippen LogP contribution in [0.3, 0.4) is 0 Å². The van der Waals surface area contributed by atoms with E-state index in [1.165, 1.54) is 0 Å². The van der Waals surface area contributed by atoms with Gasteiger partial charge in [-0.3, -0.25) is 4.79 Å². The number of fused-ring (bicyclic) bond motifs is 1. The van der Waals surface area contributed by atoms with Crippen LogP contribution >= 0.6 is 0 Å². The first-order valence-electron chi connectivity index (χ1n) is 5.11. The number of carbonyl (C=O) groups excluding carboxylic acids is 1. The van der Waals surface area contributed by atoms with Gasteiger partial charge < -0.3 is 0 Å². The molecule has 76 valence electrons. The zero-order valence-electron chi connectivity index (χ0n) is 9.03. The second-order valence-electron chi connectivity index (χ2n) is 4.06. The smallest absolute Gasteiger partial charge is 0.143 e. The van der Waals surface area contributed by atoms with Crippen molar-refractivity contribution >= 4 is 11.9 Å². The highest BCUT2D eigenvalue weighted by molar-refractivity contribution is 5.91. The maximum atomic E-state index is 11.8. The Kier molecular flexibility index (Phi) is 2.31. The normalized spacial score (nSPS) is 23.3. The van der Waals surface area contributed by atoms with Crippen LogP contribution in [0.15, 0.2) is 42.5 Å². The van der Waals surface area contributed by atoms with Crippen molar-refractivity contribution in [3.05, 3.63) is 53.6 Å². The Morgan fingerprint density at radius 1 is 1.20 bits per heavy atom. The summed E-state index contributed by atoms with van der Waals surface area (Å²) in [5.41, 5.74) is 1.72. The molecule has 0 saturated heterocycles. The average Bonchev–Trinajstić information content (AvgIpc) is 2.40. The van der Waals surface area contributed by atoms with E-state index < -0.39 is 5.41 Å². The molecule has 1 heteroatoms. The lowest BCUT2D eigenvalue weighted by Gasteiger charge is -2.24. The standard InChI is InChI=1S/C14H14O/c1-11(15)14(2)10-6-5-8-12-7-3-4-9-13(12)14/h3-10H,1-2H3. The van der Waals surface area contributed by atoms with Gasteiger partial charge in [0.25, 0.3) is 0 Å². The maximum absolute atomic E-state index is 11.8. The highest BCUT2D eigenvalue weighted by atomic mass is 16.1. The van der Waals surface area contributed by atoms with E-state index in [4.69, 9.17) is 0 Å². The van der Waals surface area contributed by atoms with Crippen LogP contribution in [0.2, 0.25) is 0 Å². The molecular formula is C14H14O. The maximum Gasteiger partial charge on any atom is 0.143 e. The Morgan fingerprint density at radius 3 is 2.67 bits per heavy atom. The molecule has 0 aromatic heterocycles. The molecule has 0 saturated carbocycles. The lowest BCUT2D eigenvalue weighted by Crippen LogP contribution is -2.28. The molecule has 0 bridgehead atoms. The number of allylic oxidation sites excluding steroid dienone is 3. The van der Waals surface area contributed by atoms with Crippen molar-refractivity contribution in [1.82, 2.24) is 0 Å². The molecule has 1 nitrogen and oxygen atoms in total. The molecule has 1 aliphatic carbocycles. The van der Waals surface area contributed by atoms with E-state index in [0.717, 1.165) is 11.1 Å². The number of carbonyl (C=O) groups is 1. The second-order valence-corrected chi connectivity index (χ2v) is 4.06. The van der Waals surface area contributed by atoms with E-state index in [2.05, 4.69) is 0 Å². The number of ketones is 1. The van der Waals surface area contributed by atoms with E-state index >= 15 is 0 Å². The zero-order chi connectivity index (χ0) is 10.9. The topological polar surface area (TPSA) is 17.1 Å². The molecule has 0 radical (unpaired) electrons. The first-order chi connectivity index (χ1) is 7.14. The van der Waals surface area contributed by atoms with Gasteiger partial charge >= 0.3 is 0 Å². The van der Waals surface area contributed by atoms with E-state index in [1.807, 2.05) is 55.5 Å². The van der Waals surface area contributed by atoms with Crippen LogP contribution < -0.4 is 0 Å². The molecule has 1 aromatic rings. The molecule has 1 atom stereocenters.